The molecule has 9 nitrogen and oxygen atoms in total. The molecule has 1 amide bonds. The minimum Gasteiger partial charge on any atom is -0.390 e. The molecule has 0 aromatic carbocycles. The molecule has 5 rings (SSSR count). The highest BCUT2D eigenvalue weighted by Crippen LogP contribution is 2.52. The van der Waals surface area contributed by atoms with Crippen molar-refractivity contribution in [2.45, 2.75) is 68.9 Å². The summed E-state index contributed by atoms with van der Waals surface area (Å²) in [4.78, 5) is 22.0. The zero-order chi connectivity index (χ0) is 25.7. The molecule has 2 aliphatic rings. The Morgan fingerprint density at radius 3 is 2.67 bits per heavy atom. The average Bonchev–Trinajstić information content (AvgIpc) is 3.51. The lowest BCUT2D eigenvalue weighted by molar-refractivity contribution is -0.00178. The minimum atomic E-state index is -1.64. The number of alkyl halides is 1. The second kappa shape index (κ2) is 8.54. The molecule has 10 heteroatoms. The van der Waals surface area contributed by atoms with Gasteiger partial charge < -0.3 is 20.8 Å². The van der Waals surface area contributed by atoms with Gasteiger partial charge in [-0.2, -0.15) is 5.26 Å². The number of carbonyl (C=O) groups excluding carboxylic acids is 1. The van der Waals surface area contributed by atoms with E-state index in [1.165, 1.54) is 26.2 Å². The highest BCUT2D eigenvalue weighted by Gasteiger charge is 2.53. The predicted octanol–water partition coefficient (Wildman–Crippen LogP) is 2.99. The Hall–Kier alpha value is -3.55. The number of hydrogen-bond acceptors (Lipinski definition) is 7. The van der Waals surface area contributed by atoms with E-state index in [9.17, 15) is 19.4 Å². The van der Waals surface area contributed by atoms with Gasteiger partial charge in [-0.05, 0) is 58.1 Å². The van der Waals surface area contributed by atoms with Crippen LogP contribution in [0.5, 0.6) is 0 Å². The zero-order valence-electron chi connectivity index (χ0n) is 20.3. The van der Waals surface area contributed by atoms with Crippen LogP contribution in [0.15, 0.2) is 36.8 Å². The van der Waals surface area contributed by atoms with Crippen LogP contribution >= 0.6 is 0 Å². The molecule has 0 unspecified atom stereocenters. The lowest BCUT2D eigenvalue weighted by Crippen LogP contribution is -2.42. The van der Waals surface area contributed by atoms with Gasteiger partial charge in [-0.3, -0.25) is 9.36 Å². The largest absolute Gasteiger partial charge is 0.390 e. The summed E-state index contributed by atoms with van der Waals surface area (Å²) >= 11 is 0. The van der Waals surface area contributed by atoms with Gasteiger partial charge in [0, 0.05) is 35.6 Å². The fourth-order valence-electron chi connectivity index (χ4n) is 5.29. The fraction of sp³-hybridized carbons (Fsp3) is 0.462. The summed E-state index contributed by atoms with van der Waals surface area (Å²) in [7, 11) is 0. The first-order valence-corrected chi connectivity index (χ1v) is 12.0. The standard InChI is InChI=1S/C26H29FN6O3/c1-24(2,35)20(27)14-31-23(34)18-13-29-21(33-8-3-17-9-16(11-28)12-30-22(17)33)10-19(18)32-25-4-6-26(36,15-25)7-5-25/h3,8-10,12-13,20,35-36H,4-7,14-15H2,1-2H3,(H,29,32)(H,31,34)/t20-,25?,26?/m1/s1. The molecule has 4 N–H and O–H groups in total. The van der Waals surface area contributed by atoms with Crippen LogP contribution in [0.25, 0.3) is 16.9 Å². The summed E-state index contributed by atoms with van der Waals surface area (Å²) in [5.74, 6) is 0.00373. The minimum absolute atomic E-state index is 0.245. The summed E-state index contributed by atoms with van der Waals surface area (Å²) in [6.45, 7) is 2.35. The number of halogens is 1. The molecule has 36 heavy (non-hydrogen) atoms. The van der Waals surface area contributed by atoms with Crippen LogP contribution in [0.2, 0.25) is 0 Å². The summed E-state index contributed by atoms with van der Waals surface area (Å²) in [5.41, 5.74) is -0.762. The van der Waals surface area contributed by atoms with Gasteiger partial charge in [0.05, 0.1) is 34.6 Å². The van der Waals surface area contributed by atoms with Gasteiger partial charge in [-0.1, -0.05) is 0 Å². The molecule has 0 saturated heterocycles. The number of nitrogens with one attached hydrogen (secondary N) is 2. The second-order valence-corrected chi connectivity index (χ2v) is 10.7. The Balaban J connectivity index is 1.50. The van der Waals surface area contributed by atoms with Crippen molar-refractivity contribution >= 4 is 22.6 Å². The summed E-state index contributed by atoms with van der Waals surface area (Å²) in [6, 6.07) is 7.41. The van der Waals surface area contributed by atoms with E-state index < -0.39 is 23.3 Å². The van der Waals surface area contributed by atoms with Crippen LogP contribution in [0, 0.1) is 11.3 Å². The first-order chi connectivity index (χ1) is 17.0. The van der Waals surface area contributed by atoms with Gasteiger partial charge in [0.15, 0.2) is 0 Å². The van der Waals surface area contributed by atoms with Gasteiger partial charge >= 0.3 is 0 Å². The molecule has 188 valence electrons. The zero-order valence-corrected chi connectivity index (χ0v) is 20.3. The number of aromatic nitrogens is 3. The van der Waals surface area contributed by atoms with Gasteiger partial charge in [-0.25, -0.2) is 14.4 Å². The molecule has 2 aliphatic carbocycles. The number of carbonyl (C=O) groups is 1. The predicted molar refractivity (Wildman–Crippen MR) is 131 cm³/mol. The second-order valence-electron chi connectivity index (χ2n) is 10.7. The van der Waals surface area contributed by atoms with Crippen LogP contribution in [0.4, 0.5) is 10.1 Å². The first kappa shape index (κ1) is 24.2. The van der Waals surface area contributed by atoms with Crippen molar-refractivity contribution in [3.8, 4) is 11.9 Å². The first-order valence-electron chi connectivity index (χ1n) is 12.0. The molecule has 3 aromatic rings. The van der Waals surface area contributed by atoms with Crippen molar-refractivity contribution in [2.75, 3.05) is 11.9 Å². The van der Waals surface area contributed by atoms with Crippen LogP contribution in [-0.4, -0.2) is 60.1 Å². The molecule has 0 radical (unpaired) electrons. The lowest BCUT2D eigenvalue weighted by atomic mass is 9.92. The summed E-state index contributed by atoms with van der Waals surface area (Å²) in [5, 5.41) is 36.6. The third kappa shape index (κ3) is 4.40. The van der Waals surface area contributed by atoms with Crippen LogP contribution in [0.3, 0.4) is 0 Å². The van der Waals surface area contributed by atoms with E-state index in [-0.39, 0.29) is 17.6 Å². The molecule has 0 spiro atoms. The van der Waals surface area contributed by atoms with Crippen LogP contribution in [-0.2, 0) is 0 Å². The molecular formula is C26H29FN6O3. The van der Waals surface area contributed by atoms with Crippen molar-refractivity contribution in [1.82, 2.24) is 19.9 Å². The van der Waals surface area contributed by atoms with E-state index in [1.54, 1.807) is 22.9 Å². The maximum atomic E-state index is 14.3. The van der Waals surface area contributed by atoms with Gasteiger partial charge in [0.1, 0.15) is 23.7 Å². The highest BCUT2D eigenvalue weighted by molar-refractivity contribution is 5.99. The van der Waals surface area contributed by atoms with Crippen molar-refractivity contribution in [2.24, 2.45) is 0 Å². The number of nitrogens with zero attached hydrogens (tertiary/aromatic N) is 4. The Labute approximate surface area is 208 Å². The van der Waals surface area contributed by atoms with E-state index in [4.69, 9.17) is 5.26 Å². The monoisotopic (exact) mass is 492 g/mol. The molecule has 2 fully saturated rings. The number of nitriles is 1. The number of rotatable bonds is 7. The van der Waals surface area contributed by atoms with E-state index in [2.05, 4.69) is 26.7 Å². The summed E-state index contributed by atoms with van der Waals surface area (Å²) < 4.78 is 16.0. The van der Waals surface area contributed by atoms with E-state index in [1.807, 2.05) is 6.07 Å². The van der Waals surface area contributed by atoms with Crippen molar-refractivity contribution < 1.29 is 19.4 Å². The molecule has 2 saturated carbocycles. The maximum Gasteiger partial charge on any atom is 0.255 e. The number of amides is 1. The van der Waals surface area contributed by atoms with E-state index >= 15 is 0 Å². The molecular weight excluding hydrogens is 463 g/mol. The van der Waals surface area contributed by atoms with E-state index in [0.29, 0.717) is 42.0 Å². The Kier molecular flexibility index (Phi) is 5.73. The van der Waals surface area contributed by atoms with Gasteiger partial charge in [0.25, 0.3) is 5.91 Å². The Bertz CT molecular complexity index is 1360. The van der Waals surface area contributed by atoms with Crippen molar-refractivity contribution in [3.05, 3.63) is 47.9 Å². The third-order valence-electron chi connectivity index (χ3n) is 7.45. The third-order valence-corrected chi connectivity index (χ3v) is 7.45. The fourth-order valence-corrected chi connectivity index (χ4v) is 5.29. The number of pyridine rings is 2. The van der Waals surface area contributed by atoms with Crippen molar-refractivity contribution in [3.63, 3.8) is 0 Å². The molecule has 3 aromatic heterocycles. The molecule has 2 bridgehead atoms. The van der Waals surface area contributed by atoms with Crippen LogP contribution in [0.1, 0.15) is 61.9 Å². The normalized spacial score (nSPS) is 24.0. The Morgan fingerprint density at radius 2 is 2.03 bits per heavy atom. The maximum absolute atomic E-state index is 14.3. The highest BCUT2D eigenvalue weighted by atomic mass is 19.1. The number of anilines is 1. The number of hydrogen-bond donors (Lipinski definition) is 4. The molecule has 3 heterocycles. The van der Waals surface area contributed by atoms with Crippen molar-refractivity contribution in [1.29, 1.82) is 5.26 Å². The average molecular weight is 493 g/mol. The van der Waals surface area contributed by atoms with Gasteiger partial charge in [-0.15, -0.1) is 0 Å². The Morgan fingerprint density at radius 1 is 1.28 bits per heavy atom. The lowest BCUT2D eigenvalue weighted by Gasteiger charge is -2.30. The smallest absolute Gasteiger partial charge is 0.255 e. The summed E-state index contributed by atoms with van der Waals surface area (Å²) in [6.07, 6.45) is 6.62. The SMILES string of the molecule is CC(C)(O)[C@H](F)CNC(=O)c1cnc(-n2ccc3cc(C#N)cnc32)cc1NC12CCC(O)(CC1)C2. The molecule has 1 atom stereocenters. The van der Waals surface area contributed by atoms with E-state index in [0.717, 1.165) is 18.2 Å². The number of fused-ring (bicyclic) bond motifs is 3. The van der Waals surface area contributed by atoms with Crippen LogP contribution < -0.4 is 10.6 Å². The van der Waals surface area contributed by atoms with Gasteiger partial charge in [0.2, 0.25) is 0 Å². The quantitative estimate of drug-likeness (QED) is 0.398. The topological polar surface area (TPSA) is 136 Å². The number of aliphatic hydroxyl groups is 2. The molecule has 0 aliphatic heterocycles.